The number of nitrogens with one attached hydrogen (secondary N) is 1. The normalized spacial score (nSPS) is 9.75. The molecule has 0 saturated carbocycles. The van der Waals surface area contributed by atoms with Crippen molar-refractivity contribution in [1.29, 1.82) is 5.26 Å². The Labute approximate surface area is 119 Å². The van der Waals surface area contributed by atoms with Crippen molar-refractivity contribution < 1.29 is 14.7 Å². The maximum absolute atomic E-state index is 11.9. The Bertz CT molecular complexity index is 700. The minimum absolute atomic E-state index is 0.0504. The van der Waals surface area contributed by atoms with Gasteiger partial charge in [-0.1, -0.05) is 18.2 Å². The highest BCUT2D eigenvalue weighted by molar-refractivity contribution is 7.14. The van der Waals surface area contributed by atoms with Gasteiger partial charge in [-0.05, 0) is 23.1 Å². The second-order valence-corrected chi connectivity index (χ2v) is 4.88. The molecule has 0 spiro atoms. The lowest BCUT2D eigenvalue weighted by Crippen LogP contribution is -2.16. The number of thiophene rings is 1. The molecule has 1 aromatic carbocycles. The van der Waals surface area contributed by atoms with Crippen molar-refractivity contribution in [2.45, 2.75) is 6.42 Å². The van der Waals surface area contributed by atoms with E-state index in [2.05, 4.69) is 5.32 Å². The summed E-state index contributed by atoms with van der Waals surface area (Å²) in [5.41, 5.74) is 0.941. The monoisotopic (exact) mass is 286 g/mol. The van der Waals surface area contributed by atoms with E-state index in [4.69, 9.17) is 10.4 Å². The van der Waals surface area contributed by atoms with Gasteiger partial charge in [0.2, 0.25) is 5.91 Å². The molecule has 0 unspecified atom stereocenters. The van der Waals surface area contributed by atoms with Crippen LogP contribution < -0.4 is 5.32 Å². The topological polar surface area (TPSA) is 90.2 Å². The Balaban J connectivity index is 2.13. The SMILES string of the molecule is N#Cc1ccsc1NC(=O)Cc1ccccc1C(=O)O. The molecule has 0 aliphatic rings. The van der Waals surface area contributed by atoms with Crippen molar-refractivity contribution in [3.63, 3.8) is 0 Å². The van der Waals surface area contributed by atoms with Crippen LogP contribution in [-0.4, -0.2) is 17.0 Å². The molecular weight excluding hydrogens is 276 g/mol. The van der Waals surface area contributed by atoms with Gasteiger partial charge in [-0.15, -0.1) is 11.3 Å². The average molecular weight is 286 g/mol. The van der Waals surface area contributed by atoms with Crippen LogP contribution in [0.25, 0.3) is 0 Å². The van der Waals surface area contributed by atoms with E-state index >= 15 is 0 Å². The fourth-order valence-corrected chi connectivity index (χ4v) is 2.47. The highest BCUT2D eigenvalue weighted by Crippen LogP contribution is 2.22. The van der Waals surface area contributed by atoms with E-state index in [1.807, 2.05) is 6.07 Å². The fourth-order valence-electron chi connectivity index (χ4n) is 1.72. The molecule has 6 heteroatoms. The highest BCUT2D eigenvalue weighted by atomic mass is 32.1. The second-order valence-electron chi connectivity index (χ2n) is 3.96. The number of carbonyl (C=O) groups is 2. The summed E-state index contributed by atoms with van der Waals surface area (Å²) in [5, 5.41) is 22.7. The van der Waals surface area contributed by atoms with Crippen molar-refractivity contribution in [2.75, 3.05) is 5.32 Å². The van der Waals surface area contributed by atoms with Gasteiger partial charge < -0.3 is 10.4 Å². The maximum atomic E-state index is 11.9. The summed E-state index contributed by atoms with van der Waals surface area (Å²) in [7, 11) is 0. The standard InChI is InChI=1S/C14H10N2O3S/c15-8-10-5-6-20-13(10)16-12(17)7-9-3-1-2-4-11(9)14(18)19/h1-6H,7H2,(H,16,17)(H,18,19). The Kier molecular flexibility index (Phi) is 4.13. The van der Waals surface area contributed by atoms with Crippen molar-refractivity contribution in [3.8, 4) is 6.07 Å². The summed E-state index contributed by atoms with van der Waals surface area (Å²) >= 11 is 1.25. The molecule has 0 aliphatic carbocycles. The molecule has 1 aromatic heterocycles. The molecule has 0 fully saturated rings. The number of amides is 1. The Morgan fingerprint density at radius 1 is 1.30 bits per heavy atom. The molecule has 0 radical (unpaired) electrons. The van der Waals surface area contributed by atoms with Crippen molar-refractivity contribution in [1.82, 2.24) is 0 Å². The van der Waals surface area contributed by atoms with Crippen LogP contribution in [0.3, 0.4) is 0 Å². The minimum atomic E-state index is -1.07. The molecule has 0 saturated heterocycles. The van der Waals surface area contributed by atoms with Crippen LogP contribution in [0.15, 0.2) is 35.7 Å². The van der Waals surface area contributed by atoms with Gasteiger partial charge in [0.05, 0.1) is 17.5 Å². The Morgan fingerprint density at radius 3 is 2.75 bits per heavy atom. The molecule has 1 amide bonds. The fraction of sp³-hybridized carbons (Fsp3) is 0.0714. The summed E-state index contributed by atoms with van der Waals surface area (Å²) in [6.45, 7) is 0. The maximum Gasteiger partial charge on any atom is 0.335 e. The third kappa shape index (κ3) is 3.02. The zero-order valence-corrected chi connectivity index (χ0v) is 11.1. The van der Waals surface area contributed by atoms with Crippen molar-refractivity contribution in [3.05, 3.63) is 52.4 Å². The predicted octanol–water partition coefficient (Wildman–Crippen LogP) is 2.50. The quantitative estimate of drug-likeness (QED) is 0.903. The largest absolute Gasteiger partial charge is 0.478 e. The highest BCUT2D eigenvalue weighted by Gasteiger charge is 2.14. The van der Waals surface area contributed by atoms with Crippen LogP contribution in [0.1, 0.15) is 21.5 Å². The molecule has 100 valence electrons. The third-order valence-corrected chi connectivity index (χ3v) is 3.47. The molecule has 1 heterocycles. The summed E-state index contributed by atoms with van der Waals surface area (Å²) in [4.78, 5) is 23.0. The van der Waals surface area contributed by atoms with E-state index in [0.29, 0.717) is 16.1 Å². The van der Waals surface area contributed by atoms with Gasteiger partial charge in [-0.3, -0.25) is 4.79 Å². The van der Waals surface area contributed by atoms with Crippen LogP contribution in [0.2, 0.25) is 0 Å². The van der Waals surface area contributed by atoms with Gasteiger partial charge in [0.1, 0.15) is 11.1 Å². The number of anilines is 1. The lowest BCUT2D eigenvalue weighted by atomic mass is 10.0. The van der Waals surface area contributed by atoms with E-state index in [-0.39, 0.29) is 17.9 Å². The van der Waals surface area contributed by atoms with E-state index < -0.39 is 5.97 Å². The van der Waals surface area contributed by atoms with Crippen LogP contribution in [-0.2, 0) is 11.2 Å². The number of nitriles is 1. The number of carboxylic acid groups (broad SMARTS) is 1. The van der Waals surface area contributed by atoms with Crippen LogP contribution in [0.4, 0.5) is 5.00 Å². The Morgan fingerprint density at radius 2 is 2.05 bits per heavy atom. The van der Waals surface area contributed by atoms with Crippen molar-refractivity contribution >= 4 is 28.2 Å². The summed E-state index contributed by atoms with van der Waals surface area (Å²) in [6, 6.07) is 9.94. The molecule has 2 N–H and O–H groups in total. The number of carbonyl (C=O) groups excluding carboxylic acids is 1. The van der Waals surface area contributed by atoms with Crippen LogP contribution >= 0.6 is 11.3 Å². The van der Waals surface area contributed by atoms with Gasteiger partial charge in [0.15, 0.2) is 0 Å². The van der Waals surface area contributed by atoms with Crippen LogP contribution in [0, 0.1) is 11.3 Å². The van der Waals surface area contributed by atoms with Gasteiger partial charge >= 0.3 is 5.97 Å². The summed E-state index contributed by atoms with van der Waals surface area (Å²) < 4.78 is 0. The molecule has 0 aliphatic heterocycles. The lowest BCUT2D eigenvalue weighted by molar-refractivity contribution is -0.115. The number of benzene rings is 1. The van der Waals surface area contributed by atoms with Gasteiger partial charge in [0, 0.05) is 0 Å². The first-order chi connectivity index (χ1) is 9.61. The second kappa shape index (κ2) is 5.99. The van der Waals surface area contributed by atoms with E-state index in [9.17, 15) is 9.59 Å². The van der Waals surface area contributed by atoms with Gasteiger partial charge in [-0.25, -0.2) is 4.79 Å². The average Bonchev–Trinajstić information content (AvgIpc) is 2.86. The molecule has 20 heavy (non-hydrogen) atoms. The first-order valence-electron chi connectivity index (χ1n) is 5.70. The number of carboxylic acids is 1. The summed E-state index contributed by atoms with van der Waals surface area (Å²) in [5.74, 6) is -1.42. The number of nitrogens with zero attached hydrogens (tertiary/aromatic N) is 1. The molecular formula is C14H10N2O3S. The number of rotatable bonds is 4. The predicted molar refractivity (Wildman–Crippen MR) is 74.8 cm³/mol. The Hall–Kier alpha value is -2.65. The molecule has 0 bridgehead atoms. The number of aromatic carboxylic acids is 1. The zero-order chi connectivity index (χ0) is 14.5. The smallest absolute Gasteiger partial charge is 0.335 e. The zero-order valence-electron chi connectivity index (χ0n) is 10.3. The number of hydrogen-bond donors (Lipinski definition) is 2. The van der Waals surface area contributed by atoms with Crippen LogP contribution in [0.5, 0.6) is 0 Å². The third-order valence-electron chi connectivity index (χ3n) is 2.64. The van der Waals surface area contributed by atoms with Gasteiger partial charge in [0.25, 0.3) is 0 Å². The molecule has 0 atom stereocenters. The van der Waals surface area contributed by atoms with E-state index in [1.54, 1.807) is 29.6 Å². The van der Waals surface area contributed by atoms with Gasteiger partial charge in [-0.2, -0.15) is 5.26 Å². The van der Waals surface area contributed by atoms with Crippen molar-refractivity contribution in [2.24, 2.45) is 0 Å². The molecule has 2 aromatic rings. The summed E-state index contributed by atoms with van der Waals surface area (Å²) in [6.07, 6.45) is -0.0504. The molecule has 5 nitrogen and oxygen atoms in total. The van der Waals surface area contributed by atoms with E-state index in [1.165, 1.54) is 17.4 Å². The first-order valence-corrected chi connectivity index (χ1v) is 6.58. The minimum Gasteiger partial charge on any atom is -0.478 e. The lowest BCUT2D eigenvalue weighted by Gasteiger charge is -2.06. The molecule has 2 rings (SSSR count). The number of hydrogen-bond acceptors (Lipinski definition) is 4. The van der Waals surface area contributed by atoms with E-state index in [0.717, 1.165) is 0 Å². The first kappa shape index (κ1) is 13.8.